The standard InChI is InChI=1S/C14H20S/c1-12-8-4-5-9-13(12)14(15)10-6-2-3-7-11-14/h4-5,8-9,15H,2-3,6-7,10-11H2,1H3. The average molecular weight is 220 g/mol. The largest absolute Gasteiger partial charge is 0.168 e. The lowest BCUT2D eigenvalue weighted by atomic mass is 9.88. The van der Waals surface area contributed by atoms with E-state index >= 15 is 0 Å². The van der Waals surface area contributed by atoms with Gasteiger partial charge in [-0.1, -0.05) is 49.9 Å². The molecule has 0 bridgehead atoms. The van der Waals surface area contributed by atoms with E-state index in [1.807, 2.05) is 0 Å². The average Bonchev–Trinajstić information content (AvgIpc) is 2.44. The molecule has 0 radical (unpaired) electrons. The van der Waals surface area contributed by atoms with Crippen LogP contribution in [-0.2, 0) is 4.75 Å². The third-order valence-corrected chi connectivity index (χ3v) is 4.27. The Hall–Kier alpha value is -0.430. The Balaban J connectivity index is 2.30. The Morgan fingerprint density at radius 2 is 1.60 bits per heavy atom. The maximum absolute atomic E-state index is 4.98. The molecule has 1 aliphatic carbocycles. The molecule has 2 rings (SSSR count). The number of benzene rings is 1. The smallest absolute Gasteiger partial charge is 0.0380 e. The Bertz CT molecular complexity index is 322. The number of rotatable bonds is 1. The van der Waals surface area contributed by atoms with Gasteiger partial charge in [-0.3, -0.25) is 0 Å². The van der Waals surface area contributed by atoms with E-state index in [1.54, 1.807) is 0 Å². The Labute approximate surface area is 98.5 Å². The second-order valence-corrected chi connectivity index (χ2v) is 5.62. The molecule has 0 amide bonds. The zero-order chi connectivity index (χ0) is 10.7. The SMILES string of the molecule is Cc1ccccc1C1(S)CCCCCC1. The first-order valence-electron chi connectivity index (χ1n) is 6.01. The summed E-state index contributed by atoms with van der Waals surface area (Å²) in [6.45, 7) is 2.21. The van der Waals surface area contributed by atoms with E-state index in [-0.39, 0.29) is 4.75 Å². The molecule has 0 aliphatic heterocycles. The van der Waals surface area contributed by atoms with Crippen LogP contribution in [0.3, 0.4) is 0 Å². The van der Waals surface area contributed by atoms with Crippen molar-refractivity contribution in [3.63, 3.8) is 0 Å². The van der Waals surface area contributed by atoms with E-state index in [0.717, 1.165) is 0 Å². The predicted octanol–water partition coefficient (Wildman–Crippen LogP) is 4.47. The minimum Gasteiger partial charge on any atom is -0.168 e. The van der Waals surface area contributed by atoms with Crippen molar-refractivity contribution in [2.75, 3.05) is 0 Å². The third kappa shape index (κ3) is 2.39. The van der Waals surface area contributed by atoms with Gasteiger partial charge >= 0.3 is 0 Å². The van der Waals surface area contributed by atoms with E-state index in [1.165, 1.54) is 49.7 Å². The van der Waals surface area contributed by atoms with Crippen molar-refractivity contribution in [1.29, 1.82) is 0 Å². The van der Waals surface area contributed by atoms with Gasteiger partial charge in [-0.05, 0) is 30.9 Å². The van der Waals surface area contributed by atoms with Gasteiger partial charge in [0.1, 0.15) is 0 Å². The molecule has 1 saturated carbocycles. The molecule has 82 valence electrons. The molecule has 0 aromatic heterocycles. The highest BCUT2D eigenvalue weighted by Crippen LogP contribution is 2.42. The monoisotopic (exact) mass is 220 g/mol. The Morgan fingerprint density at radius 1 is 1.00 bits per heavy atom. The van der Waals surface area contributed by atoms with E-state index in [4.69, 9.17) is 12.6 Å². The summed E-state index contributed by atoms with van der Waals surface area (Å²) in [7, 11) is 0. The van der Waals surface area contributed by atoms with Crippen molar-refractivity contribution in [3.8, 4) is 0 Å². The van der Waals surface area contributed by atoms with Gasteiger partial charge in [-0.2, -0.15) is 12.6 Å². The molecule has 0 unspecified atom stereocenters. The first-order chi connectivity index (χ1) is 7.22. The normalized spacial score (nSPS) is 20.9. The lowest BCUT2D eigenvalue weighted by molar-refractivity contribution is 0.539. The van der Waals surface area contributed by atoms with Crippen LogP contribution in [0, 0.1) is 6.92 Å². The number of thiol groups is 1. The predicted molar refractivity (Wildman–Crippen MR) is 69.5 cm³/mol. The molecular formula is C14H20S. The number of hydrogen-bond donors (Lipinski definition) is 1. The Morgan fingerprint density at radius 3 is 2.20 bits per heavy atom. The van der Waals surface area contributed by atoms with Gasteiger partial charge in [-0.25, -0.2) is 0 Å². The zero-order valence-electron chi connectivity index (χ0n) is 9.50. The van der Waals surface area contributed by atoms with E-state index < -0.39 is 0 Å². The van der Waals surface area contributed by atoms with Crippen molar-refractivity contribution in [3.05, 3.63) is 35.4 Å². The molecule has 1 fully saturated rings. The summed E-state index contributed by atoms with van der Waals surface area (Å²) in [6.07, 6.45) is 7.90. The van der Waals surface area contributed by atoms with Crippen LogP contribution < -0.4 is 0 Å². The summed E-state index contributed by atoms with van der Waals surface area (Å²) in [6, 6.07) is 8.73. The molecule has 0 N–H and O–H groups in total. The first kappa shape index (κ1) is 11.1. The minimum absolute atomic E-state index is 0.141. The van der Waals surface area contributed by atoms with E-state index in [0.29, 0.717) is 0 Å². The molecule has 1 aromatic carbocycles. The van der Waals surface area contributed by atoms with Gasteiger partial charge in [0, 0.05) is 4.75 Å². The van der Waals surface area contributed by atoms with Gasteiger partial charge in [-0.15, -0.1) is 0 Å². The van der Waals surface area contributed by atoms with Crippen molar-refractivity contribution >= 4 is 12.6 Å². The molecule has 1 aromatic rings. The highest BCUT2D eigenvalue weighted by Gasteiger charge is 2.29. The highest BCUT2D eigenvalue weighted by atomic mass is 32.1. The van der Waals surface area contributed by atoms with Gasteiger partial charge in [0.25, 0.3) is 0 Å². The molecule has 1 heteroatoms. The summed E-state index contributed by atoms with van der Waals surface area (Å²) in [5, 5.41) is 0. The highest BCUT2D eigenvalue weighted by molar-refractivity contribution is 7.81. The molecule has 1 aliphatic rings. The molecule has 0 saturated heterocycles. The zero-order valence-corrected chi connectivity index (χ0v) is 10.4. The van der Waals surface area contributed by atoms with Gasteiger partial charge in [0.2, 0.25) is 0 Å². The lowest BCUT2D eigenvalue weighted by Gasteiger charge is -2.29. The van der Waals surface area contributed by atoms with E-state index in [2.05, 4.69) is 31.2 Å². The van der Waals surface area contributed by atoms with Crippen LogP contribution in [0.25, 0.3) is 0 Å². The second kappa shape index (κ2) is 4.61. The quantitative estimate of drug-likeness (QED) is 0.524. The van der Waals surface area contributed by atoms with Crippen molar-refractivity contribution in [1.82, 2.24) is 0 Å². The van der Waals surface area contributed by atoms with Gasteiger partial charge in [0.15, 0.2) is 0 Å². The third-order valence-electron chi connectivity index (χ3n) is 3.58. The molecular weight excluding hydrogens is 200 g/mol. The second-order valence-electron chi connectivity index (χ2n) is 4.76. The van der Waals surface area contributed by atoms with E-state index in [9.17, 15) is 0 Å². The maximum Gasteiger partial charge on any atom is 0.0380 e. The fraction of sp³-hybridized carbons (Fsp3) is 0.571. The number of aryl methyl sites for hydroxylation is 1. The minimum atomic E-state index is 0.141. The lowest BCUT2D eigenvalue weighted by Crippen LogP contribution is -2.18. The van der Waals surface area contributed by atoms with Crippen LogP contribution >= 0.6 is 12.6 Å². The molecule has 0 heterocycles. The van der Waals surface area contributed by atoms with Gasteiger partial charge in [0.05, 0.1) is 0 Å². The van der Waals surface area contributed by atoms with Crippen LogP contribution in [0.1, 0.15) is 49.7 Å². The fourth-order valence-corrected chi connectivity index (χ4v) is 3.24. The summed E-state index contributed by atoms with van der Waals surface area (Å²) >= 11 is 4.98. The Kier molecular flexibility index (Phi) is 3.40. The molecule has 0 nitrogen and oxygen atoms in total. The van der Waals surface area contributed by atoms with Crippen LogP contribution in [-0.4, -0.2) is 0 Å². The summed E-state index contributed by atoms with van der Waals surface area (Å²) in [5.41, 5.74) is 2.85. The van der Waals surface area contributed by atoms with Gasteiger partial charge < -0.3 is 0 Å². The summed E-state index contributed by atoms with van der Waals surface area (Å²) < 4.78 is 0.141. The molecule has 0 atom stereocenters. The van der Waals surface area contributed by atoms with Crippen LogP contribution in [0.5, 0.6) is 0 Å². The summed E-state index contributed by atoms with van der Waals surface area (Å²) in [5.74, 6) is 0. The molecule has 0 spiro atoms. The number of hydrogen-bond acceptors (Lipinski definition) is 1. The van der Waals surface area contributed by atoms with Crippen LogP contribution in [0.4, 0.5) is 0 Å². The van der Waals surface area contributed by atoms with Crippen molar-refractivity contribution < 1.29 is 0 Å². The fourth-order valence-electron chi connectivity index (χ4n) is 2.68. The maximum atomic E-state index is 4.98. The van der Waals surface area contributed by atoms with Crippen LogP contribution in [0.15, 0.2) is 24.3 Å². The van der Waals surface area contributed by atoms with Crippen LogP contribution in [0.2, 0.25) is 0 Å². The van der Waals surface area contributed by atoms with Crippen molar-refractivity contribution in [2.45, 2.75) is 50.2 Å². The topological polar surface area (TPSA) is 0 Å². The molecule has 15 heavy (non-hydrogen) atoms. The van der Waals surface area contributed by atoms with Crippen molar-refractivity contribution in [2.24, 2.45) is 0 Å². The summed E-state index contributed by atoms with van der Waals surface area (Å²) in [4.78, 5) is 0. The first-order valence-corrected chi connectivity index (χ1v) is 6.46.